The fourth-order valence-electron chi connectivity index (χ4n) is 2.26. The molecule has 0 radical (unpaired) electrons. The highest BCUT2D eigenvalue weighted by Crippen LogP contribution is 2.37. The van der Waals surface area contributed by atoms with Gasteiger partial charge in [0.05, 0.1) is 12.1 Å². The number of rotatable bonds is 8. The van der Waals surface area contributed by atoms with Crippen LogP contribution in [-0.4, -0.2) is 13.7 Å². The summed E-state index contributed by atoms with van der Waals surface area (Å²) in [6.07, 6.45) is 0. The molecule has 0 unspecified atom stereocenters. The Balaban J connectivity index is 0.00000312. The lowest BCUT2D eigenvalue weighted by Crippen LogP contribution is -2.19. The van der Waals surface area contributed by atoms with Crippen molar-refractivity contribution in [3.8, 4) is 11.5 Å². The van der Waals surface area contributed by atoms with E-state index in [1.165, 1.54) is 12.1 Å². The first-order chi connectivity index (χ1) is 11.5. The number of hydrogen-bond acceptors (Lipinski definition) is 3. The maximum absolute atomic E-state index is 12.9. The van der Waals surface area contributed by atoms with Crippen LogP contribution in [0.25, 0.3) is 0 Å². The summed E-state index contributed by atoms with van der Waals surface area (Å²) >= 11 is 6.35. The lowest BCUT2D eigenvalue weighted by molar-refractivity contribution is 0.284. The van der Waals surface area contributed by atoms with Crippen molar-refractivity contribution in [2.24, 2.45) is 5.92 Å². The van der Waals surface area contributed by atoms with Crippen LogP contribution in [0, 0.1) is 11.7 Å². The Morgan fingerprint density at radius 3 is 2.40 bits per heavy atom. The van der Waals surface area contributed by atoms with Gasteiger partial charge in [-0.3, -0.25) is 0 Å². The lowest BCUT2D eigenvalue weighted by Gasteiger charge is -2.15. The van der Waals surface area contributed by atoms with Crippen molar-refractivity contribution in [3.63, 3.8) is 0 Å². The van der Waals surface area contributed by atoms with Crippen LogP contribution < -0.4 is 14.8 Å². The normalized spacial score (nSPS) is 10.5. The third-order valence-electron chi connectivity index (χ3n) is 3.47. The van der Waals surface area contributed by atoms with Crippen LogP contribution in [0.1, 0.15) is 25.0 Å². The number of ether oxygens (including phenoxy) is 2. The standard InChI is InChI=1S/C19H23ClFNO2.ClH/c1-13(2)10-22-11-15-8-17(20)19(18(9-15)23-3)24-12-14-4-6-16(21)7-5-14;/h4-9,13,22H,10-12H2,1-3H3;1H. The molecule has 0 atom stereocenters. The summed E-state index contributed by atoms with van der Waals surface area (Å²) in [4.78, 5) is 0. The molecular weight excluding hydrogens is 364 g/mol. The Morgan fingerprint density at radius 1 is 1.12 bits per heavy atom. The van der Waals surface area contributed by atoms with Crippen molar-refractivity contribution >= 4 is 24.0 Å². The Bertz CT molecular complexity index is 663. The van der Waals surface area contributed by atoms with E-state index >= 15 is 0 Å². The van der Waals surface area contributed by atoms with E-state index < -0.39 is 0 Å². The number of benzene rings is 2. The minimum atomic E-state index is -0.271. The lowest BCUT2D eigenvalue weighted by atomic mass is 10.1. The van der Waals surface area contributed by atoms with Crippen molar-refractivity contribution in [1.29, 1.82) is 0 Å². The summed E-state index contributed by atoms with van der Waals surface area (Å²) in [5, 5.41) is 3.87. The zero-order valence-corrected chi connectivity index (χ0v) is 16.2. The molecule has 0 saturated heterocycles. The molecule has 0 saturated carbocycles. The molecule has 25 heavy (non-hydrogen) atoms. The van der Waals surface area contributed by atoms with Crippen molar-refractivity contribution < 1.29 is 13.9 Å². The number of hydrogen-bond donors (Lipinski definition) is 1. The summed E-state index contributed by atoms with van der Waals surface area (Å²) in [7, 11) is 1.59. The van der Waals surface area contributed by atoms with Crippen LogP contribution in [0.15, 0.2) is 36.4 Å². The van der Waals surface area contributed by atoms with Gasteiger partial charge in [0.15, 0.2) is 11.5 Å². The van der Waals surface area contributed by atoms with Crippen LogP contribution in [0.4, 0.5) is 4.39 Å². The van der Waals surface area contributed by atoms with E-state index in [0.29, 0.717) is 35.6 Å². The fourth-order valence-corrected chi connectivity index (χ4v) is 2.54. The van der Waals surface area contributed by atoms with E-state index in [4.69, 9.17) is 21.1 Å². The monoisotopic (exact) mass is 387 g/mol. The molecule has 1 N–H and O–H groups in total. The first-order valence-corrected chi connectivity index (χ1v) is 8.31. The minimum absolute atomic E-state index is 0. The third kappa shape index (κ3) is 6.73. The van der Waals surface area contributed by atoms with Crippen molar-refractivity contribution in [2.75, 3.05) is 13.7 Å². The molecule has 2 aromatic carbocycles. The van der Waals surface area contributed by atoms with E-state index in [1.807, 2.05) is 12.1 Å². The molecule has 2 aromatic rings. The molecule has 0 aliphatic rings. The van der Waals surface area contributed by atoms with Crippen molar-refractivity contribution in [3.05, 3.63) is 58.4 Å². The van der Waals surface area contributed by atoms with Crippen LogP contribution in [0.3, 0.4) is 0 Å². The smallest absolute Gasteiger partial charge is 0.180 e. The van der Waals surface area contributed by atoms with Crippen molar-refractivity contribution in [2.45, 2.75) is 27.0 Å². The minimum Gasteiger partial charge on any atom is -0.493 e. The van der Waals surface area contributed by atoms with Gasteiger partial charge in [-0.2, -0.15) is 0 Å². The highest BCUT2D eigenvalue weighted by atomic mass is 35.5. The molecule has 0 aromatic heterocycles. The fraction of sp³-hybridized carbons (Fsp3) is 0.368. The molecule has 0 aliphatic carbocycles. The van der Waals surface area contributed by atoms with Crippen LogP contribution in [0.2, 0.25) is 5.02 Å². The first-order valence-electron chi connectivity index (χ1n) is 7.94. The SMILES string of the molecule is COc1cc(CNCC(C)C)cc(Cl)c1OCc1ccc(F)cc1.Cl. The zero-order chi connectivity index (χ0) is 17.5. The summed E-state index contributed by atoms with van der Waals surface area (Å²) in [6, 6.07) is 9.96. The molecule has 0 spiro atoms. The maximum Gasteiger partial charge on any atom is 0.180 e. The molecule has 0 aliphatic heterocycles. The van der Waals surface area contributed by atoms with Gasteiger partial charge in [0, 0.05) is 6.54 Å². The quantitative estimate of drug-likeness (QED) is 0.672. The molecule has 6 heteroatoms. The van der Waals surface area contributed by atoms with Crippen LogP contribution >= 0.6 is 24.0 Å². The van der Waals surface area contributed by atoms with E-state index in [0.717, 1.165) is 17.7 Å². The first kappa shape index (κ1) is 21.6. The second-order valence-electron chi connectivity index (χ2n) is 6.05. The summed E-state index contributed by atoms with van der Waals surface area (Å²) in [6.45, 7) is 6.26. The van der Waals surface area contributed by atoms with Gasteiger partial charge in [-0.05, 0) is 47.9 Å². The van der Waals surface area contributed by atoms with Crippen molar-refractivity contribution in [1.82, 2.24) is 5.32 Å². The second-order valence-corrected chi connectivity index (χ2v) is 6.46. The Morgan fingerprint density at radius 2 is 1.80 bits per heavy atom. The van der Waals surface area contributed by atoms with E-state index in [2.05, 4.69) is 19.2 Å². The van der Waals surface area contributed by atoms with Gasteiger partial charge in [-0.1, -0.05) is 37.6 Å². The summed E-state index contributed by atoms with van der Waals surface area (Å²) < 4.78 is 24.1. The number of methoxy groups -OCH3 is 1. The predicted molar refractivity (Wildman–Crippen MR) is 103 cm³/mol. The second kappa shape index (κ2) is 10.5. The Kier molecular flexibility index (Phi) is 9.04. The molecular formula is C19H24Cl2FNO2. The average Bonchev–Trinajstić information content (AvgIpc) is 2.54. The average molecular weight is 388 g/mol. The van der Waals surface area contributed by atoms with E-state index in [-0.39, 0.29) is 18.2 Å². The summed E-state index contributed by atoms with van der Waals surface area (Å²) in [5.41, 5.74) is 1.89. The van der Waals surface area contributed by atoms with Gasteiger partial charge >= 0.3 is 0 Å². The van der Waals surface area contributed by atoms with Gasteiger partial charge in [-0.15, -0.1) is 12.4 Å². The third-order valence-corrected chi connectivity index (χ3v) is 3.75. The van der Waals surface area contributed by atoms with Gasteiger partial charge in [0.25, 0.3) is 0 Å². The van der Waals surface area contributed by atoms with Gasteiger partial charge in [-0.25, -0.2) is 4.39 Å². The zero-order valence-electron chi connectivity index (χ0n) is 14.6. The summed E-state index contributed by atoms with van der Waals surface area (Å²) in [5.74, 6) is 1.40. The number of halogens is 3. The molecule has 3 nitrogen and oxygen atoms in total. The maximum atomic E-state index is 12.9. The van der Waals surface area contributed by atoms with Crippen LogP contribution in [-0.2, 0) is 13.2 Å². The topological polar surface area (TPSA) is 30.5 Å². The molecule has 138 valence electrons. The van der Waals surface area contributed by atoms with Crippen LogP contribution in [0.5, 0.6) is 11.5 Å². The van der Waals surface area contributed by atoms with Gasteiger partial charge in [0.2, 0.25) is 0 Å². The molecule has 2 rings (SSSR count). The van der Waals surface area contributed by atoms with Gasteiger partial charge < -0.3 is 14.8 Å². The van der Waals surface area contributed by atoms with E-state index in [1.54, 1.807) is 19.2 Å². The highest BCUT2D eigenvalue weighted by Gasteiger charge is 2.12. The molecule has 0 bridgehead atoms. The Labute approximate surface area is 159 Å². The molecule has 0 heterocycles. The number of nitrogens with one attached hydrogen (secondary N) is 1. The van der Waals surface area contributed by atoms with Gasteiger partial charge in [0.1, 0.15) is 12.4 Å². The Hall–Kier alpha value is -1.49. The largest absolute Gasteiger partial charge is 0.493 e. The molecule has 0 amide bonds. The highest BCUT2D eigenvalue weighted by molar-refractivity contribution is 6.32. The van der Waals surface area contributed by atoms with E-state index in [9.17, 15) is 4.39 Å². The molecule has 0 fully saturated rings. The predicted octanol–water partition coefficient (Wildman–Crippen LogP) is 5.23.